The van der Waals surface area contributed by atoms with Crippen molar-refractivity contribution in [2.24, 2.45) is 0 Å². The number of rotatable bonds is 1. The van der Waals surface area contributed by atoms with Gasteiger partial charge in [0.1, 0.15) is 5.75 Å². The van der Waals surface area contributed by atoms with Gasteiger partial charge in [0.2, 0.25) is 0 Å². The molecule has 3 aromatic rings. The highest BCUT2D eigenvalue weighted by atomic mass is 16.3. The lowest BCUT2D eigenvalue weighted by atomic mass is 9.80. The van der Waals surface area contributed by atoms with Crippen molar-refractivity contribution in [2.45, 2.75) is 39.5 Å². The maximum Gasteiger partial charge on any atom is 0.115 e. The normalized spacial score (nSPS) is 13.3. The van der Waals surface area contributed by atoms with Gasteiger partial charge in [0, 0.05) is 0 Å². The molecule has 0 heterocycles. The standard InChI is InChI=1S/C26H26O/c1-16-6-9-23-18(12-16)14-19-15-21(27)8-11-24(19)25(23)22-10-7-20(13-17(22)2)26(3,4)5/h6-13,15,27H,1,14H2,2-5H3. The molecule has 1 aliphatic carbocycles. The van der Waals surface area contributed by atoms with Gasteiger partial charge in [-0.15, -0.1) is 0 Å². The summed E-state index contributed by atoms with van der Waals surface area (Å²) in [5.74, 6) is 0.321. The van der Waals surface area contributed by atoms with E-state index in [1.165, 1.54) is 44.2 Å². The first-order chi connectivity index (χ1) is 12.7. The van der Waals surface area contributed by atoms with Crippen molar-refractivity contribution in [2.75, 3.05) is 0 Å². The second-order valence-electron chi connectivity index (χ2n) is 8.66. The Morgan fingerprint density at radius 1 is 0.852 bits per heavy atom. The third kappa shape index (κ3) is 3.08. The number of aromatic hydroxyl groups is 1. The lowest BCUT2D eigenvalue weighted by Gasteiger charge is -2.24. The minimum atomic E-state index is 0.130. The summed E-state index contributed by atoms with van der Waals surface area (Å²) in [6.07, 6.45) is 0.824. The highest BCUT2D eigenvalue weighted by Crippen LogP contribution is 2.34. The van der Waals surface area contributed by atoms with E-state index in [0.717, 1.165) is 11.6 Å². The SMILES string of the molecule is C=c1ccc2c(c1)Cc1cc(O)ccc1C=2c1ccc(C(C)(C)C)cc1C. The molecule has 4 rings (SSSR count). The molecule has 136 valence electrons. The number of phenolic OH excluding ortho intramolecular Hbond substituents is 1. The summed E-state index contributed by atoms with van der Waals surface area (Å²) >= 11 is 0. The fourth-order valence-electron chi connectivity index (χ4n) is 4.06. The average Bonchev–Trinajstić information content (AvgIpc) is 2.59. The molecule has 1 heteroatoms. The average molecular weight is 354 g/mol. The van der Waals surface area contributed by atoms with Crippen molar-refractivity contribution >= 4 is 12.2 Å². The zero-order valence-electron chi connectivity index (χ0n) is 16.6. The Morgan fingerprint density at radius 3 is 2.30 bits per heavy atom. The van der Waals surface area contributed by atoms with E-state index < -0.39 is 0 Å². The summed E-state index contributed by atoms with van der Waals surface area (Å²) < 4.78 is 0. The predicted molar refractivity (Wildman–Crippen MR) is 114 cm³/mol. The van der Waals surface area contributed by atoms with Gasteiger partial charge < -0.3 is 5.11 Å². The van der Waals surface area contributed by atoms with Crippen LogP contribution in [0, 0.1) is 6.92 Å². The van der Waals surface area contributed by atoms with E-state index in [9.17, 15) is 5.11 Å². The van der Waals surface area contributed by atoms with Crippen LogP contribution >= 0.6 is 0 Å². The molecule has 0 bridgehead atoms. The largest absolute Gasteiger partial charge is 0.508 e. The quantitative estimate of drug-likeness (QED) is 0.531. The molecular formula is C26H26O. The highest BCUT2D eigenvalue weighted by Gasteiger charge is 2.21. The summed E-state index contributed by atoms with van der Waals surface area (Å²) in [5.41, 5.74) is 8.92. The third-order valence-corrected chi connectivity index (χ3v) is 5.54. The van der Waals surface area contributed by atoms with E-state index in [1.54, 1.807) is 6.07 Å². The van der Waals surface area contributed by atoms with Gasteiger partial charge in [0.05, 0.1) is 0 Å². The minimum absolute atomic E-state index is 0.130. The van der Waals surface area contributed by atoms with E-state index in [1.807, 2.05) is 6.07 Å². The Hall–Kier alpha value is -2.80. The molecule has 0 aromatic heterocycles. The van der Waals surface area contributed by atoms with Crippen LogP contribution in [0.15, 0.2) is 54.6 Å². The van der Waals surface area contributed by atoms with Crippen LogP contribution in [-0.4, -0.2) is 5.11 Å². The molecule has 3 aromatic carbocycles. The van der Waals surface area contributed by atoms with Crippen molar-refractivity contribution in [1.29, 1.82) is 0 Å². The Balaban J connectivity index is 2.05. The minimum Gasteiger partial charge on any atom is -0.508 e. The summed E-state index contributed by atoms with van der Waals surface area (Å²) in [7, 11) is 0. The molecular weight excluding hydrogens is 328 g/mol. The number of fused-ring (bicyclic) bond motifs is 2. The summed E-state index contributed by atoms with van der Waals surface area (Å²) in [4.78, 5) is 0. The van der Waals surface area contributed by atoms with Crippen molar-refractivity contribution < 1.29 is 5.11 Å². The van der Waals surface area contributed by atoms with Crippen molar-refractivity contribution in [3.63, 3.8) is 0 Å². The summed E-state index contributed by atoms with van der Waals surface area (Å²) in [6, 6.07) is 19.0. The molecule has 0 fully saturated rings. The summed E-state index contributed by atoms with van der Waals surface area (Å²) in [5, 5.41) is 12.3. The molecule has 0 saturated heterocycles. The van der Waals surface area contributed by atoms with E-state index in [0.29, 0.717) is 5.75 Å². The first-order valence-corrected chi connectivity index (χ1v) is 9.50. The van der Waals surface area contributed by atoms with E-state index >= 15 is 0 Å². The molecule has 1 nitrogen and oxygen atoms in total. The van der Waals surface area contributed by atoms with Crippen molar-refractivity contribution in [1.82, 2.24) is 0 Å². The van der Waals surface area contributed by atoms with E-state index in [2.05, 4.69) is 76.7 Å². The Kier molecular flexibility index (Phi) is 3.99. The van der Waals surface area contributed by atoms with Crippen LogP contribution in [-0.2, 0) is 11.8 Å². The molecule has 0 atom stereocenters. The molecule has 0 unspecified atom stereocenters. The van der Waals surface area contributed by atoms with Crippen LogP contribution in [0.2, 0.25) is 0 Å². The monoisotopic (exact) mass is 354 g/mol. The molecule has 0 aliphatic heterocycles. The smallest absolute Gasteiger partial charge is 0.115 e. The number of benzene rings is 3. The Bertz CT molecular complexity index is 1160. The van der Waals surface area contributed by atoms with Crippen LogP contribution in [0.25, 0.3) is 12.2 Å². The fourth-order valence-corrected chi connectivity index (χ4v) is 4.06. The first-order valence-electron chi connectivity index (χ1n) is 9.50. The number of aryl methyl sites for hydroxylation is 1. The van der Waals surface area contributed by atoms with Crippen LogP contribution in [0.3, 0.4) is 0 Å². The predicted octanol–water partition coefficient (Wildman–Crippen LogP) is 4.56. The van der Waals surface area contributed by atoms with Gasteiger partial charge in [0.25, 0.3) is 0 Å². The Morgan fingerprint density at radius 2 is 1.59 bits per heavy atom. The van der Waals surface area contributed by atoms with E-state index in [4.69, 9.17) is 0 Å². The molecule has 1 N–H and O–H groups in total. The van der Waals surface area contributed by atoms with Crippen LogP contribution in [0.1, 0.15) is 54.2 Å². The van der Waals surface area contributed by atoms with Gasteiger partial charge in [-0.25, -0.2) is 0 Å². The molecule has 0 saturated carbocycles. The zero-order chi connectivity index (χ0) is 19.3. The topological polar surface area (TPSA) is 20.2 Å². The van der Waals surface area contributed by atoms with Gasteiger partial charge >= 0.3 is 0 Å². The van der Waals surface area contributed by atoms with Gasteiger partial charge in [-0.05, 0) is 80.3 Å². The fraction of sp³-hybridized carbons (Fsp3) is 0.231. The second-order valence-corrected chi connectivity index (χ2v) is 8.66. The molecule has 0 radical (unpaired) electrons. The zero-order valence-corrected chi connectivity index (χ0v) is 16.6. The third-order valence-electron chi connectivity index (χ3n) is 5.54. The molecule has 1 aliphatic rings. The van der Waals surface area contributed by atoms with Crippen LogP contribution in [0.4, 0.5) is 0 Å². The first kappa shape index (κ1) is 17.6. The van der Waals surface area contributed by atoms with Gasteiger partial charge in [-0.3, -0.25) is 0 Å². The van der Waals surface area contributed by atoms with Crippen LogP contribution < -0.4 is 10.4 Å². The Labute approximate surface area is 161 Å². The second kappa shape index (κ2) is 6.13. The summed E-state index contributed by atoms with van der Waals surface area (Å²) in [6.45, 7) is 13.0. The lowest BCUT2D eigenvalue weighted by molar-refractivity contribution is 0.474. The number of hydrogen-bond donors (Lipinski definition) is 1. The lowest BCUT2D eigenvalue weighted by Crippen LogP contribution is -2.23. The molecule has 27 heavy (non-hydrogen) atoms. The molecule has 0 spiro atoms. The number of hydrogen-bond acceptors (Lipinski definition) is 1. The van der Waals surface area contributed by atoms with Gasteiger partial charge in [-0.2, -0.15) is 0 Å². The van der Waals surface area contributed by atoms with Crippen LogP contribution in [0.5, 0.6) is 5.75 Å². The highest BCUT2D eigenvalue weighted by molar-refractivity contribution is 5.85. The maximum atomic E-state index is 10.0. The van der Waals surface area contributed by atoms with Gasteiger partial charge in [-0.1, -0.05) is 69.8 Å². The number of phenols is 1. The van der Waals surface area contributed by atoms with E-state index in [-0.39, 0.29) is 5.41 Å². The van der Waals surface area contributed by atoms with Crippen molar-refractivity contribution in [3.8, 4) is 5.75 Å². The van der Waals surface area contributed by atoms with Gasteiger partial charge in [0.15, 0.2) is 0 Å². The maximum absolute atomic E-state index is 10.0. The molecule has 0 amide bonds. The van der Waals surface area contributed by atoms with Crippen molar-refractivity contribution in [3.05, 3.63) is 98.4 Å².